The Balaban J connectivity index is 5.20. The fourth-order valence-corrected chi connectivity index (χ4v) is 15.4. The zero-order valence-electron chi connectivity index (χ0n) is 70.3. The van der Waals surface area contributed by atoms with E-state index in [1.54, 1.807) is 0 Å². The lowest BCUT2D eigenvalue weighted by Gasteiger charge is -2.21. The fourth-order valence-electron chi connectivity index (χ4n) is 13.8. The smallest absolute Gasteiger partial charge is 0.462 e. The van der Waals surface area contributed by atoms with Crippen molar-refractivity contribution in [3.05, 3.63) is 0 Å². The summed E-state index contributed by atoms with van der Waals surface area (Å²) in [6.07, 6.45) is 75.4. The molecule has 0 fully saturated rings. The maximum absolute atomic E-state index is 13.2. The molecular formula is C88H172O17P2. The van der Waals surface area contributed by atoms with Crippen LogP contribution in [-0.2, 0) is 65.4 Å². The van der Waals surface area contributed by atoms with Gasteiger partial charge >= 0.3 is 39.5 Å². The van der Waals surface area contributed by atoms with Crippen LogP contribution in [0.2, 0.25) is 0 Å². The van der Waals surface area contributed by atoms with Gasteiger partial charge in [-0.05, 0) is 31.6 Å². The molecule has 0 aliphatic rings. The largest absolute Gasteiger partial charge is 0.472 e. The van der Waals surface area contributed by atoms with Gasteiger partial charge in [0.25, 0.3) is 0 Å². The first-order chi connectivity index (χ1) is 52.0. The summed E-state index contributed by atoms with van der Waals surface area (Å²) < 4.78 is 68.9. The van der Waals surface area contributed by atoms with E-state index in [4.69, 9.17) is 37.0 Å². The standard InChI is InChI=1S/C88H172O17P2/c1-6-9-12-15-18-21-24-27-30-33-35-37-39-42-45-48-51-54-57-64-68-73-87(92)104-83(77-98-85(90)71-66-61-55-52-49-46-43-41-38-36-34-31-28-25-22-19-16-13-10-7-2)79-102-106(94,95)100-75-82(89)76-101-107(96,97)103-80-84(78-99-86(91)72-67-62-59-58-60-65-70-81(4)5)105-88(93)74-69-63-56-53-50-47-44-40-32-29-26-23-20-17-14-11-8-3/h81-84,89H,6-80H2,1-5H3,(H,94,95)(H,96,97)/t82-,83-,84-/m1/s1. The molecule has 0 saturated carbocycles. The minimum Gasteiger partial charge on any atom is -0.462 e. The number of carbonyl (C=O) groups excluding carboxylic acids is 4. The predicted octanol–water partition coefficient (Wildman–Crippen LogP) is 27.2. The van der Waals surface area contributed by atoms with E-state index < -0.39 is 97.5 Å². The van der Waals surface area contributed by atoms with Crippen LogP contribution in [0, 0.1) is 5.92 Å². The quantitative estimate of drug-likeness (QED) is 0.0222. The van der Waals surface area contributed by atoms with Gasteiger partial charge in [0, 0.05) is 25.7 Å². The zero-order chi connectivity index (χ0) is 78.3. The highest BCUT2D eigenvalue weighted by molar-refractivity contribution is 7.47. The summed E-state index contributed by atoms with van der Waals surface area (Å²) in [5.74, 6) is -1.42. The van der Waals surface area contributed by atoms with Crippen LogP contribution in [0.5, 0.6) is 0 Å². The number of phosphoric acid groups is 2. The summed E-state index contributed by atoms with van der Waals surface area (Å²) in [5, 5.41) is 10.7. The SMILES string of the molecule is CCCCCCCCCCCCCCCCCCCCCCCC(=O)O[C@H](COC(=O)CCCCCCCCCCCCCCCCCCCCCC)COP(=O)(O)OC[C@@H](O)COP(=O)(O)OC[C@@H](COC(=O)CCCCCCCCC(C)C)OC(=O)CCCCCCCCCCCCCCCCCCC. The first-order valence-electron chi connectivity index (χ1n) is 45.6. The lowest BCUT2D eigenvalue weighted by molar-refractivity contribution is -0.161. The molecule has 0 saturated heterocycles. The normalized spacial score (nSPS) is 13.7. The zero-order valence-corrected chi connectivity index (χ0v) is 72.1. The van der Waals surface area contributed by atoms with E-state index in [9.17, 15) is 43.2 Å². The van der Waals surface area contributed by atoms with Crippen molar-refractivity contribution in [1.82, 2.24) is 0 Å². The van der Waals surface area contributed by atoms with Crippen LogP contribution in [-0.4, -0.2) is 96.7 Å². The van der Waals surface area contributed by atoms with Gasteiger partial charge in [-0.2, -0.15) is 0 Å². The van der Waals surface area contributed by atoms with Crippen LogP contribution in [0.1, 0.15) is 478 Å². The van der Waals surface area contributed by atoms with E-state index >= 15 is 0 Å². The molecule has 19 heteroatoms. The van der Waals surface area contributed by atoms with Crippen molar-refractivity contribution in [3.63, 3.8) is 0 Å². The number of aliphatic hydroxyl groups excluding tert-OH is 1. The van der Waals surface area contributed by atoms with E-state index in [1.165, 1.54) is 295 Å². The third-order valence-corrected chi connectivity index (χ3v) is 22.7. The second kappa shape index (κ2) is 80.7. The summed E-state index contributed by atoms with van der Waals surface area (Å²) in [5.41, 5.74) is 0. The molecule has 0 aromatic rings. The Bertz CT molecular complexity index is 2030. The molecule has 0 rings (SSSR count). The lowest BCUT2D eigenvalue weighted by atomic mass is 10.0. The summed E-state index contributed by atoms with van der Waals surface area (Å²) in [7, 11) is -9.93. The van der Waals surface area contributed by atoms with Crippen molar-refractivity contribution >= 4 is 39.5 Å². The molecule has 5 atom stereocenters. The molecular weight excluding hydrogens is 1390 g/mol. The van der Waals surface area contributed by atoms with Crippen molar-refractivity contribution in [2.75, 3.05) is 39.6 Å². The molecule has 636 valence electrons. The second-order valence-corrected chi connectivity index (χ2v) is 35.0. The summed E-state index contributed by atoms with van der Waals surface area (Å²) in [6.45, 7) is 7.29. The van der Waals surface area contributed by atoms with Gasteiger partial charge in [0.05, 0.1) is 26.4 Å². The minimum atomic E-state index is -4.97. The number of unbranched alkanes of at least 4 members (excludes halogenated alkanes) is 60. The minimum absolute atomic E-state index is 0.108. The Kier molecular flexibility index (Phi) is 79.2. The molecule has 0 amide bonds. The summed E-state index contributed by atoms with van der Waals surface area (Å²) in [6, 6.07) is 0. The first-order valence-corrected chi connectivity index (χ1v) is 48.6. The number of aliphatic hydroxyl groups is 1. The van der Waals surface area contributed by atoms with Crippen molar-refractivity contribution in [2.24, 2.45) is 5.92 Å². The number of phosphoric ester groups is 2. The Labute approximate surface area is 658 Å². The van der Waals surface area contributed by atoms with Gasteiger partial charge < -0.3 is 33.8 Å². The van der Waals surface area contributed by atoms with Gasteiger partial charge in [-0.3, -0.25) is 37.3 Å². The molecule has 0 spiro atoms. The molecule has 2 unspecified atom stereocenters. The van der Waals surface area contributed by atoms with E-state index in [0.29, 0.717) is 31.6 Å². The van der Waals surface area contributed by atoms with Crippen LogP contribution in [0.25, 0.3) is 0 Å². The van der Waals surface area contributed by atoms with Crippen LogP contribution >= 0.6 is 15.6 Å². The number of ether oxygens (including phenoxy) is 4. The average molecular weight is 1560 g/mol. The fraction of sp³-hybridized carbons (Fsp3) is 0.955. The molecule has 107 heavy (non-hydrogen) atoms. The van der Waals surface area contributed by atoms with Crippen molar-refractivity contribution < 1.29 is 80.2 Å². The Morgan fingerprint density at radius 3 is 0.636 bits per heavy atom. The molecule has 0 aromatic heterocycles. The van der Waals surface area contributed by atoms with E-state index in [0.717, 1.165) is 96.3 Å². The molecule has 0 aromatic carbocycles. The molecule has 0 aliphatic heterocycles. The Morgan fingerprint density at radius 1 is 0.252 bits per heavy atom. The number of hydrogen-bond donors (Lipinski definition) is 3. The van der Waals surface area contributed by atoms with E-state index in [-0.39, 0.29) is 25.7 Å². The lowest BCUT2D eigenvalue weighted by Crippen LogP contribution is -2.30. The van der Waals surface area contributed by atoms with Gasteiger partial charge in [0.1, 0.15) is 19.3 Å². The molecule has 0 bridgehead atoms. The maximum Gasteiger partial charge on any atom is 0.472 e. The predicted molar refractivity (Wildman–Crippen MR) is 442 cm³/mol. The highest BCUT2D eigenvalue weighted by Crippen LogP contribution is 2.45. The van der Waals surface area contributed by atoms with Gasteiger partial charge in [-0.1, -0.05) is 426 Å². The number of carbonyl (C=O) groups is 4. The molecule has 3 N–H and O–H groups in total. The monoisotopic (exact) mass is 1560 g/mol. The number of hydrogen-bond acceptors (Lipinski definition) is 15. The average Bonchev–Trinajstić information content (AvgIpc) is 0.909. The van der Waals surface area contributed by atoms with E-state index in [2.05, 4.69) is 34.6 Å². The highest BCUT2D eigenvalue weighted by Gasteiger charge is 2.30. The number of esters is 4. The Hall–Kier alpha value is -1.94. The third-order valence-electron chi connectivity index (χ3n) is 20.8. The van der Waals surface area contributed by atoms with Crippen molar-refractivity contribution in [1.29, 1.82) is 0 Å². The topological polar surface area (TPSA) is 237 Å². The number of rotatable bonds is 88. The van der Waals surface area contributed by atoms with Crippen molar-refractivity contribution in [2.45, 2.75) is 496 Å². The van der Waals surface area contributed by atoms with Gasteiger partial charge in [0.15, 0.2) is 12.2 Å². The second-order valence-electron chi connectivity index (χ2n) is 32.1. The summed E-state index contributed by atoms with van der Waals surface area (Å²) in [4.78, 5) is 73.2. The third kappa shape index (κ3) is 81.9. The van der Waals surface area contributed by atoms with Gasteiger partial charge in [0.2, 0.25) is 0 Å². The Morgan fingerprint density at radius 2 is 0.430 bits per heavy atom. The van der Waals surface area contributed by atoms with Crippen LogP contribution in [0.15, 0.2) is 0 Å². The molecule has 17 nitrogen and oxygen atoms in total. The first kappa shape index (κ1) is 105. The van der Waals surface area contributed by atoms with Gasteiger partial charge in [-0.25, -0.2) is 9.13 Å². The van der Waals surface area contributed by atoms with Crippen LogP contribution in [0.3, 0.4) is 0 Å². The van der Waals surface area contributed by atoms with E-state index in [1.807, 2.05) is 0 Å². The molecule has 0 heterocycles. The van der Waals surface area contributed by atoms with Gasteiger partial charge in [-0.15, -0.1) is 0 Å². The molecule has 0 aliphatic carbocycles. The van der Waals surface area contributed by atoms with Crippen LogP contribution < -0.4 is 0 Å². The van der Waals surface area contributed by atoms with Crippen LogP contribution in [0.4, 0.5) is 0 Å². The summed E-state index contributed by atoms with van der Waals surface area (Å²) >= 11 is 0. The maximum atomic E-state index is 13.2. The van der Waals surface area contributed by atoms with Crippen molar-refractivity contribution in [3.8, 4) is 0 Å². The molecule has 0 radical (unpaired) electrons. The highest BCUT2D eigenvalue weighted by atomic mass is 31.2.